The van der Waals surface area contributed by atoms with E-state index < -0.39 is 0 Å². The topological polar surface area (TPSA) is 34.6 Å². The normalized spacial score (nSPS) is 27.6. The van der Waals surface area contributed by atoms with E-state index in [0.717, 1.165) is 48.6 Å². The van der Waals surface area contributed by atoms with Gasteiger partial charge in [-0.1, -0.05) is 19.4 Å². The van der Waals surface area contributed by atoms with Crippen LogP contribution in [-0.4, -0.2) is 42.7 Å². The summed E-state index contributed by atoms with van der Waals surface area (Å²) in [5, 5.41) is 1.14. The molecule has 0 amide bonds. The van der Waals surface area contributed by atoms with Crippen molar-refractivity contribution in [1.82, 2.24) is 9.88 Å². The van der Waals surface area contributed by atoms with Crippen LogP contribution in [0.3, 0.4) is 0 Å². The number of rotatable bonds is 8. The molecule has 5 rings (SSSR count). The Morgan fingerprint density at radius 1 is 1.36 bits per heavy atom. The van der Waals surface area contributed by atoms with E-state index in [9.17, 15) is 0 Å². The van der Waals surface area contributed by atoms with Crippen LogP contribution in [-0.2, 0) is 4.74 Å². The Morgan fingerprint density at radius 3 is 2.96 bits per heavy atom. The molecule has 4 unspecified atom stereocenters. The van der Waals surface area contributed by atoms with E-state index in [1.165, 1.54) is 24.9 Å². The summed E-state index contributed by atoms with van der Waals surface area (Å²) in [7, 11) is 1.72. The van der Waals surface area contributed by atoms with Crippen LogP contribution in [0.2, 0.25) is 0 Å². The number of pyridine rings is 1. The minimum Gasteiger partial charge on any atom is -0.497 e. The molecule has 4 nitrogen and oxygen atoms in total. The first-order valence-electron chi connectivity index (χ1n) is 10.7. The molecule has 4 heterocycles. The molecule has 2 bridgehead atoms. The number of benzene rings is 1. The van der Waals surface area contributed by atoms with Crippen LogP contribution in [0.25, 0.3) is 10.9 Å². The van der Waals surface area contributed by atoms with Crippen molar-refractivity contribution < 1.29 is 9.47 Å². The van der Waals surface area contributed by atoms with E-state index in [-0.39, 0.29) is 6.10 Å². The molecule has 1 aromatic heterocycles. The largest absolute Gasteiger partial charge is 0.497 e. The standard InChI is InChI=1S/C24H32N2O2/c1-4-6-13-28-24(23-14-18-10-12-26(23)16-17(18)5-2)20-9-11-25-22-8-7-19(27-3)15-21(20)22/h5,7-9,11,15,17-18,23-24H,2,4,6,10,12-14,16H2,1,3H3/t17?,18?,23?,24-/m0/s1. The van der Waals surface area contributed by atoms with Crippen LogP contribution in [0.4, 0.5) is 0 Å². The van der Waals surface area contributed by atoms with E-state index >= 15 is 0 Å². The van der Waals surface area contributed by atoms with Crippen LogP contribution < -0.4 is 4.74 Å². The average Bonchev–Trinajstić information content (AvgIpc) is 2.76. The number of unbranched alkanes of at least 4 members (excludes halogenated alkanes) is 1. The first kappa shape index (κ1) is 19.4. The lowest BCUT2D eigenvalue weighted by Crippen LogP contribution is -2.55. The Kier molecular flexibility index (Phi) is 5.98. The summed E-state index contributed by atoms with van der Waals surface area (Å²) < 4.78 is 12.1. The van der Waals surface area contributed by atoms with Crippen molar-refractivity contribution in [2.75, 3.05) is 26.8 Å². The Bertz CT molecular complexity index is 821. The third-order valence-electron chi connectivity index (χ3n) is 6.59. The molecular formula is C24H32N2O2. The highest BCUT2D eigenvalue weighted by molar-refractivity contribution is 5.84. The smallest absolute Gasteiger partial charge is 0.119 e. The molecule has 2 aromatic rings. The Hall–Kier alpha value is -1.91. The molecule has 3 aliphatic rings. The summed E-state index contributed by atoms with van der Waals surface area (Å²) >= 11 is 0. The van der Waals surface area contributed by atoms with Crippen molar-refractivity contribution in [3.8, 4) is 5.75 Å². The molecule has 0 N–H and O–H groups in total. The van der Waals surface area contributed by atoms with Gasteiger partial charge < -0.3 is 9.47 Å². The van der Waals surface area contributed by atoms with Gasteiger partial charge in [-0.2, -0.15) is 0 Å². The summed E-state index contributed by atoms with van der Waals surface area (Å²) in [6.45, 7) is 9.36. The number of hydrogen-bond acceptors (Lipinski definition) is 4. The maximum Gasteiger partial charge on any atom is 0.119 e. The van der Waals surface area contributed by atoms with Crippen LogP contribution in [0.1, 0.15) is 44.3 Å². The van der Waals surface area contributed by atoms with Crippen molar-refractivity contribution >= 4 is 10.9 Å². The van der Waals surface area contributed by atoms with Gasteiger partial charge in [0.25, 0.3) is 0 Å². The molecule has 0 saturated carbocycles. The van der Waals surface area contributed by atoms with Crippen molar-refractivity contribution in [3.05, 3.63) is 48.7 Å². The summed E-state index contributed by atoms with van der Waals surface area (Å²) in [5.41, 5.74) is 2.25. The van der Waals surface area contributed by atoms with Crippen molar-refractivity contribution in [2.45, 2.75) is 44.8 Å². The molecule has 150 valence electrons. The monoisotopic (exact) mass is 380 g/mol. The first-order chi connectivity index (χ1) is 13.7. The van der Waals surface area contributed by atoms with Gasteiger partial charge in [-0.15, -0.1) is 6.58 Å². The summed E-state index contributed by atoms with van der Waals surface area (Å²) in [4.78, 5) is 7.21. The van der Waals surface area contributed by atoms with Crippen LogP contribution in [0.15, 0.2) is 43.1 Å². The van der Waals surface area contributed by atoms with Gasteiger partial charge >= 0.3 is 0 Å². The van der Waals surface area contributed by atoms with E-state index in [2.05, 4.69) is 41.6 Å². The van der Waals surface area contributed by atoms with Gasteiger partial charge in [-0.05, 0) is 67.5 Å². The second-order valence-electron chi connectivity index (χ2n) is 8.17. The number of methoxy groups -OCH3 is 1. The maximum absolute atomic E-state index is 6.58. The van der Waals surface area contributed by atoms with Gasteiger partial charge in [0.2, 0.25) is 0 Å². The van der Waals surface area contributed by atoms with Crippen molar-refractivity contribution in [2.24, 2.45) is 11.8 Å². The van der Waals surface area contributed by atoms with E-state index in [1.54, 1.807) is 7.11 Å². The predicted octanol–water partition coefficient (Wildman–Crippen LogP) is 5.00. The van der Waals surface area contributed by atoms with Crippen LogP contribution in [0, 0.1) is 11.8 Å². The van der Waals surface area contributed by atoms with Gasteiger partial charge in [-0.3, -0.25) is 9.88 Å². The molecule has 3 saturated heterocycles. The van der Waals surface area contributed by atoms with E-state index in [0.29, 0.717) is 12.0 Å². The zero-order valence-corrected chi connectivity index (χ0v) is 17.1. The molecule has 3 aliphatic heterocycles. The van der Waals surface area contributed by atoms with Gasteiger partial charge in [0, 0.05) is 30.8 Å². The van der Waals surface area contributed by atoms with E-state index in [1.807, 2.05) is 18.3 Å². The number of aromatic nitrogens is 1. The second kappa shape index (κ2) is 8.62. The van der Waals surface area contributed by atoms with E-state index in [4.69, 9.17) is 9.47 Å². The van der Waals surface area contributed by atoms with Crippen LogP contribution in [0.5, 0.6) is 5.75 Å². The van der Waals surface area contributed by atoms with Crippen molar-refractivity contribution in [1.29, 1.82) is 0 Å². The fourth-order valence-electron chi connectivity index (χ4n) is 4.98. The SMILES string of the molecule is C=CC1CN2CCC1CC2[C@@H](OCCCC)c1ccnc2ccc(OC)cc12. The fraction of sp³-hybridized carbons (Fsp3) is 0.542. The predicted molar refractivity (Wildman–Crippen MR) is 114 cm³/mol. The number of piperidine rings is 3. The molecule has 3 fully saturated rings. The minimum absolute atomic E-state index is 0.0673. The number of nitrogens with zero attached hydrogens (tertiary/aromatic N) is 2. The third kappa shape index (κ3) is 3.68. The molecule has 0 aliphatic carbocycles. The number of ether oxygens (including phenoxy) is 2. The molecule has 1 aromatic carbocycles. The average molecular weight is 381 g/mol. The summed E-state index contributed by atoms with van der Waals surface area (Å²) in [5.74, 6) is 2.22. The molecule has 0 radical (unpaired) electrons. The number of fused-ring (bicyclic) bond motifs is 4. The second-order valence-corrected chi connectivity index (χ2v) is 8.17. The van der Waals surface area contributed by atoms with Crippen molar-refractivity contribution in [3.63, 3.8) is 0 Å². The summed E-state index contributed by atoms with van der Waals surface area (Å²) in [6, 6.07) is 8.70. The fourth-order valence-corrected chi connectivity index (χ4v) is 4.98. The Balaban J connectivity index is 1.71. The Morgan fingerprint density at radius 2 is 2.25 bits per heavy atom. The minimum atomic E-state index is 0.0673. The van der Waals surface area contributed by atoms with Gasteiger partial charge in [0.15, 0.2) is 0 Å². The van der Waals surface area contributed by atoms with Gasteiger partial charge in [0.05, 0.1) is 18.7 Å². The highest BCUT2D eigenvalue weighted by Gasteiger charge is 2.43. The quantitative estimate of drug-likeness (QED) is 0.477. The van der Waals surface area contributed by atoms with Crippen LogP contribution >= 0.6 is 0 Å². The zero-order chi connectivity index (χ0) is 19.5. The van der Waals surface area contributed by atoms with Gasteiger partial charge in [-0.25, -0.2) is 0 Å². The highest BCUT2D eigenvalue weighted by Crippen LogP contribution is 2.43. The van der Waals surface area contributed by atoms with Gasteiger partial charge in [0.1, 0.15) is 5.75 Å². The first-order valence-corrected chi connectivity index (χ1v) is 10.7. The summed E-state index contributed by atoms with van der Waals surface area (Å²) in [6.07, 6.45) is 8.84. The molecule has 4 heteroatoms. The lowest BCUT2D eigenvalue weighted by atomic mass is 9.73. The lowest BCUT2D eigenvalue weighted by Gasteiger charge is -2.51. The Labute approximate surface area is 168 Å². The molecule has 5 atom stereocenters. The lowest BCUT2D eigenvalue weighted by molar-refractivity contribution is -0.0752. The maximum atomic E-state index is 6.58. The third-order valence-corrected chi connectivity index (χ3v) is 6.59. The molecule has 0 spiro atoms. The number of hydrogen-bond donors (Lipinski definition) is 0. The zero-order valence-electron chi connectivity index (χ0n) is 17.1. The highest BCUT2D eigenvalue weighted by atomic mass is 16.5. The molecular weight excluding hydrogens is 348 g/mol. The molecule has 28 heavy (non-hydrogen) atoms.